The minimum Gasteiger partial charge on any atom is -0.441 e. The summed E-state index contributed by atoms with van der Waals surface area (Å²) in [4.78, 5) is 34.2. The maximum Gasteiger partial charge on any atom is 0.407 e. The molecule has 0 bridgehead atoms. The van der Waals surface area contributed by atoms with Gasteiger partial charge in [-0.3, -0.25) is 9.20 Å². The zero-order valence-corrected chi connectivity index (χ0v) is 13.6. The van der Waals surface area contributed by atoms with Crippen molar-refractivity contribution in [3.8, 4) is 0 Å². The molecule has 2 aromatic rings. The monoisotopic (exact) mass is 349 g/mol. The molecule has 1 atom stereocenters. The Kier molecular flexibility index (Phi) is 3.56. The molecular weight excluding hydrogens is 334 g/mol. The number of hydrogen-bond donors (Lipinski definition) is 1. The molecule has 126 valence electrons. The van der Waals surface area contributed by atoms with Gasteiger partial charge in [-0.25, -0.2) is 14.8 Å². The van der Waals surface area contributed by atoms with Crippen LogP contribution >= 0.6 is 11.6 Å². The molecule has 2 saturated heterocycles. The number of halogens is 1. The highest BCUT2D eigenvalue weighted by Crippen LogP contribution is 2.29. The van der Waals surface area contributed by atoms with Crippen LogP contribution in [0.5, 0.6) is 0 Å². The van der Waals surface area contributed by atoms with Crippen molar-refractivity contribution in [2.45, 2.75) is 24.9 Å². The van der Waals surface area contributed by atoms with Gasteiger partial charge in [-0.1, -0.05) is 11.6 Å². The number of hydrogen-bond acceptors (Lipinski definition) is 5. The van der Waals surface area contributed by atoms with Gasteiger partial charge in [-0.15, -0.1) is 0 Å². The second kappa shape index (κ2) is 5.62. The summed E-state index contributed by atoms with van der Waals surface area (Å²) in [5.41, 5.74) is -0.151. The van der Waals surface area contributed by atoms with Crippen LogP contribution in [0.4, 0.5) is 4.79 Å². The van der Waals surface area contributed by atoms with Gasteiger partial charge in [0.05, 0.1) is 17.8 Å². The van der Waals surface area contributed by atoms with Gasteiger partial charge in [0, 0.05) is 31.9 Å². The van der Waals surface area contributed by atoms with E-state index in [2.05, 4.69) is 15.3 Å². The Labute approximate surface area is 142 Å². The van der Waals surface area contributed by atoms with Gasteiger partial charge in [0.2, 0.25) is 5.78 Å². The first kappa shape index (κ1) is 15.2. The molecule has 2 aliphatic heterocycles. The van der Waals surface area contributed by atoms with Gasteiger partial charge in [0.25, 0.3) is 5.91 Å². The normalized spacial score (nSPS) is 24.0. The first-order chi connectivity index (χ1) is 11.5. The molecule has 1 N–H and O–H groups in total. The Morgan fingerprint density at radius 1 is 1.33 bits per heavy atom. The Bertz CT molecular complexity index is 823. The number of likely N-dealkylation sites (tertiary alicyclic amines) is 1. The van der Waals surface area contributed by atoms with E-state index in [0.717, 1.165) is 12.8 Å². The molecule has 2 fully saturated rings. The van der Waals surface area contributed by atoms with Gasteiger partial charge in [-0.2, -0.15) is 0 Å². The lowest BCUT2D eigenvalue weighted by atomic mass is 9.95. The molecule has 0 aromatic carbocycles. The van der Waals surface area contributed by atoms with E-state index in [1.54, 1.807) is 21.7 Å². The highest BCUT2D eigenvalue weighted by atomic mass is 35.5. The standard InChI is InChI=1S/C15H16ClN5O3/c16-10-6-17-13-19-11(8-21(13)7-10)12(22)20-4-1-2-15(3-5-20)9-18-14(23)24-15/h6-8H,1-5,9H2,(H,18,23)/t15-/m0/s1. The number of amides is 2. The first-order valence-corrected chi connectivity index (χ1v) is 8.19. The summed E-state index contributed by atoms with van der Waals surface area (Å²) in [6.07, 6.45) is 6.56. The molecule has 2 aliphatic rings. The van der Waals surface area contributed by atoms with Crippen LogP contribution in [0.3, 0.4) is 0 Å². The maximum atomic E-state index is 12.7. The topological polar surface area (TPSA) is 88.8 Å². The summed E-state index contributed by atoms with van der Waals surface area (Å²) in [6.45, 7) is 1.64. The van der Waals surface area contributed by atoms with Crippen molar-refractivity contribution >= 4 is 29.4 Å². The average Bonchev–Trinajstić information content (AvgIpc) is 3.06. The number of alkyl carbamates (subject to hydrolysis) is 1. The number of nitrogens with one attached hydrogen (secondary N) is 1. The summed E-state index contributed by atoms with van der Waals surface area (Å²) >= 11 is 5.91. The molecule has 9 heteroatoms. The van der Waals surface area contributed by atoms with Gasteiger partial charge < -0.3 is 15.0 Å². The fourth-order valence-corrected chi connectivity index (χ4v) is 3.43. The van der Waals surface area contributed by atoms with E-state index in [4.69, 9.17) is 16.3 Å². The van der Waals surface area contributed by atoms with Gasteiger partial charge in [-0.05, 0) is 12.8 Å². The van der Waals surface area contributed by atoms with E-state index >= 15 is 0 Å². The second-order valence-corrected chi connectivity index (χ2v) is 6.61. The Morgan fingerprint density at radius 3 is 3.00 bits per heavy atom. The summed E-state index contributed by atoms with van der Waals surface area (Å²) in [6, 6.07) is 0. The van der Waals surface area contributed by atoms with Crippen LogP contribution in [-0.4, -0.2) is 56.5 Å². The summed E-state index contributed by atoms with van der Waals surface area (Å²) in [5.74, 6) is 0.286. The first-order valence-electron chi connectivity index (χ1n) is 7.81. The Hall–Kier alpha value is -2.35. The van der Waals surface area contributed by atoms with Gasteiger partial charge in [0.15, 0.2) is 0 Å². The predicted octanol–water partition coefficient (Wildman–Crippen LogP) is 1.49. The summed E-state index contributed by atoms with van der Waals surface area (Å²) < 4.78 is 7.07. The fourth-order valence-electron chi connectivity index (χ4n) is 3.28. The Morgan fingerprint density at radius 2 is 2.21 bits per heavy atom. The molecule has 8 nitrogen and oxygen atoms in total. The third-order valence-electron chi connectivity index (χ3n) is 4.55. The van der Waals surface area contributed by atoms with Crippen LogP contribution in [0.15, 0.2) is 18.6 Å². The van der Waals surface area contributed by atoms with E-state index in [0.29, 0.717) is 42.5 Å². The van der Waals surface area contributed by atoms with Crippen LogP contribution < -0.4 is 5.32 Å². The van der Waals surface area contributed by atoms with Crippen LogP contribution in [0.25, 0.3) is 5.78 Å². The molecule has 0 aliphatic carbocycles. The molecule has 4 rings (SSSR count). The number of imidazole rings is 1. The van der Waals surface area contributed by atoms with Crippen molar-refractivity contribution in [1.82, 2.24) is 24.6 Å². The summed E-state index contributed by atoms with van der Waals surface area (Å²) in [5, 5.41) is 3.18. The predicted molar refractivity (Wildman–Crippen MR) is 85.0 cm³/mol. The summed E-state index contributed by atoms with van der Waals surface area (Å²) in [7, 11) is 0. The van der Waals surface area contributed by atoms with E-state index < -0.39 is 5.60 Å². The molecule has 2 amide bonds. The zero-order valence-electron chi connectivity index (χ0n) is 12.9. The molecule has 4 heterocycles. The zero-order chi connectivity index (χ0) is 16.7. The molecule has 0 radical (unpaired) electrons. The van der Waals surface area contributed by atoms with E-state index in [9.17, 15) is 9.59 Å². The van der Waals surface area contributed by atoms with Crippen molar-refractivity contribution in [2.24, 2.45) is 0 Å². The lowest BCUT2D eigenvalue weighted by molar-refractivity contribution is 0.0438. The smallest absolute Gasteiger partial charge is 0.407 e. The van der Waals surface area contributed by atoms with Crippen LogP contribution in [0.2, 0.25) is 5.02 Å². The SMILES string of the molecule is O=C1NC[C@@]2(CCCN(C(=O)c3cn4cc(Cl)cnc4n3)CC2)O1. The number of carbonyl (C=O) groups excluding carboxylic acids is 2. The average molecular weight is 350 g/mol. The quantitative estimate of drug-likeness (QED) is 0.842. The van der Waals surface area contributed by atoms with Gasteiger partial charge in [0.1, 0.15) is 11.3 Å². The number of rotatable bonds is 1. The minimum absolute atomic E-state index is 0.147. The number of carbonyl (C=O) groups is 2. The highest BCUT2D eigenvalue weighted by Gasteiger charge is 2.42. The molecule has 1 spiro atoms. The number of fused-ring (bicyclic) bond motifs is 1. The van der Waals surface area contributed by atoms with E-state index in [-0.39, 0.29) is 12.0 Å². The van der Waals surface area contributed by atoms with Gasteiger partial charge >= 0.3 is 6.09 Å². The molecule has 24 heavy (non-hydrogen) atoms. The third kappa shape index (κ3) is 2.66. The van der Waals surface area contributed by atoms with Crippen molar-refractivity contribution < 1.29 is 14.3 Å². The lowest BCUT2D eigenvalue weighted by Crippen LogP contribution is -2.36. The number of nitrogens with zero attached hydrogens (tertiary/aromatic N) is 4. The van der Waals surface area contributed by atoms with Crippen molar-refractivity contribution in [2.75, 3.05) is 19.6 Å². The van der Waals surface area contributed by atoms with Crippen LogP contribution in [0, 0.1) is 0 Å². The van der Waals surface area contributed by atoms with E-state index in [1.807, 2.05) is 0 Å². The lowest BCUT2D eigenvalue weighted by Gasteiger charge is -2.24. The number of aromatic nitrogens is 3. The second-order valence-electron chi connectivity index (χ2n) is 6.18. The third-order valence-corrected chi connectivity index (χ3v) is 4.74. The largest absolute Gasteiger partial charge is 0.441 e. The Balaban J connectivity index is 1.52. The van der Waals surface area contributed by atoms with Crippen molar-refractivity contribution in [3.63, 3.8) is 0 Å². The van der Waals surface area contributed by atoms with Crippen LogP contribution in [0.1, 0.15) is 29.8 Å². The number of ether oxygens (including phenoxy) is 1. The minimum atomic E-state index is -0.486. The molecular formula is C15H16ClN5O3. The molecule has 2 aromatic heterocycles. The maximum absolute atomic E-state index is 12.7. The van der Waals surface area contributed by atoms with E-state index in [1.165, 1.54) is 6.20 Å². The van der Waals surface area contributed by atoms with Crippen molar-refractivity contribution in [3.05, 3.63) is 29.3 Å². The van der Waals surface area contributed by atoms with Crippen LogP contribution in [-0.2, 0) is 4.74 Å². The molecule has 0 saturated carbocycles. The fraction of sp³-hybridized carbons (Fsp3) is 0.467. The highest BCUT2D eigenvalue weighted by molar-refractivity contribution is 6.30. The van der Waals surface area contributed by atoms with Crippen molar-refractivity contribution in [1.29, 1.82) is 0 Å². The molecule has 0 unspecified atom stereocenters.